The Morgan fingerprint density at radius 1 is 1.35 bits per heavy atom. The summed E-state index contributed by atoms with van der Waals surface area (Å²) in [6.07, 6.45) is 3.27. The number of amides is 1. The lowest BCUT2D eigenvalue weighted by Crippen LogP contribution is -2.31. The van der Waals surface area contributed by atoms with Crippen LogP contribution in [0.15, 0.2) is 36.5 Å². The van der Waals surface area contributed by atoms with E-state index in [-0.39, 0.29) is 24.2 Å². The predicted octanol–water partition coefficient (Wildman–Crippen LogP) is 3.40. The van der Waals surface area contributed by atoms with Gasteiger partial charge in [-0.2, -0.15) is 0 Å². The van der Waals surface area contributed by atoms with Crippen molar-refractivity contribution in [3.8, 4) is 0 Å². The lowest BCUT2D eigenvalue weighted by molar-refractivity contribution is -0.141. The van der Waals surface area contributed by atoms with Gasteiger partial charge in [-0.15, -0.1) is 0 Å². The Bertz CT molecular complexity index is 823. The summed E-state index contributed by atoms with van der Waals surface area (Å²) in [6.45, 7) is 0.551. The van der Waals surface area contributed by atoms with Gasteiger partial charge < -0.3 is 15.4 Å². The second-order valence-electron chi connectivity index (χ2n) is 6.25. The van der Waals surface area contributed by atoms with Crippen LogP contribution in [0.2, 0.25) is 5.02 Å². The van der Waals surface area contributed by atoms with Gasteiger partial charge in [0.15, 0.2) is 0 Å². The molecule has 3 rings (SSSR count). The summed E-state index contributed by atoms with van der Waals surface area (Å²) in [7, 11) is 1.38. The Labute approximate surface area is 156 Å². The van der Waals surface area contributed by atoms with E-state index in [0.29, 0.717) is 22.9 Å². The first-order valence-corrected chi connectivity index (χ1v) is 8.77. The number of nitrogens with zero attached hydrogens (tertiary/aromatic N) is 2. The standard InChI is InChI=1S/C19H20ClN3O3/c1-26-18(24)9-12-3-2-8-23(16-6-5-14(20)10-15(12)16)19(25)13-4-7-17(21)22-11-13/h4-7,10-12H,2-3,8-9H2,1H3,(H2,21,22). The van der Waals surface area contributed by atoms with Crippen molar-refractivity contribution in [3.63, 3.8) is 0 Å². The van der Waals surface area contributed by atoms with Crippen molar-refractivity contribution in [1.29, 1.82) is 0 Å². The molecule has 6 nitrogen and oxygen atoms in total. The van der Waals surface area contributed by atoms with E-state index in [2.05, 4.69) is 4.98 Å². The normalized spacial score (nSPS) is 16.5. The lowest BCUT2D eigenvalue weighted by Gasteiger charge is -2.24. The number of benzene rings is 1. The fraction of sp³-hybridized carbons (Fsp3) is 0.316. The minimum absolute atomic E-state index is 0.0431. The van der Waals surface area contributed by atoms with Gasteiger partial charge in [-0.1, -0.05) is 11.6 Å². The third-order valence-corrected chi connectivity index (χ3v) is 4.81. The fourth-order valence-corrected chi connectivity index (χ4v) is 3.45. The largest absolute Gasteiger partial charge is 0.469 e. The Morgan fingerprint density at radius 2 is 2.15 bits per heavy atom. The smallest absolute Gasteiger partial charge is 0.306 e. The molecule has 1 unspecified atom stereocenters. The van der Waals surface area contributed by atoms with Crippen molar-refractivity contribution < 1.29 is 14.3 Å². The molecule has 1 amide bonds. The van der Waals surface area contributed by atoms with Gasteiger partial charge >= 0.3 is 5.97 Å². The molecule has 136 valence electrons. The third kappa shape index (κ3) is 3.80. The summed E-state index contributed by atoms with van der Waals surface area (Å²) in [4.78, 5) is 30.5. The van der Waals surface area contributed by atoms with Crippen LogP contribution >= 0.6 is 11.6 Å². The number of carbonyl (C=O) groups is 2. The number of pyridine rings is 1. The summed E-state index contributed by atoms with van der Waals surface area (Å²) in [5, 5.41) is 0.571. The highest BCUT2D eigenvalue weighted by Gasteiger charge is 2.29. The first kappa shape index (κ1) is 18.2. The average Bonchev–Trinajstić information content (AvgIpc) is 2.81. The Balaban J connectivity index is 1.99. The summed E-state index contributed by atoms with van der Waals surface area (Å²) in [6, 6.07) is 8.68. The number of hydrogen-bond donors (Lipinski definition) is 1. The topological polar surface area (TPSA) is 85.5 Å². The van der Waals surface area contributed by atoms with Gasteiger partial charge in [0.25, 0.3) is 5.91 Å². The van der Waals surface area contributed by atoms with Crippen LogP contribution in [-0.2, 0) is 9.53 Å². The predicted molar refractivity (Wildman–Crippen MR) is 100 cm³/mol. The van der Waals surface area contributed by atoms with E-state index in [1.165, 1.54) is 13.3 Å². The maximum atomic E-state index is 13.0. The Kier molecular flexibility index (Phi) is 5.42. The van der Waals surface area contributed by atoms with Crippen molar-refractivity contribution in [2.75, 3.05) is 24.3 Å². The Morgan fingerprint density at radius 3 is 2.85 bits per heavy atom. The molecule has 26 heavy (non-hydrogen) atoms. The number of esters is 1. The van der Waals surface area contributed by atoms with Crippen molar-refractivity contribution in [3.05, 3.63) is 52.7 Å². The maximum Gasteiger partial charge on any atom is 0.306 e. The Hall–Kier alpha value is -2.60. The molecule has 0 bridgehead atoms. The minimum atomic E-state index is -0.275. The molecule has 2 heterocycles. The number of nitrogens with two attached hydrogens (primary N) is 1. The number of fused-ring (bicyclic) bond motifs is 1. The minimum Gasteiger partial charge on any atom is -0.469 e. The molecule has 1 aliphatic heterocycles. The molecule has 1 aromatic carbocycles. The molecule has 1 aromatic heterocycles. The van der Waals surface area contributed by atoms with Crippen molar-refractivity contribution in [2.24, 2.45) is 0 Å². The number of rotatable bonds is 3. The van der Waals surface area contributed by atoms with Gasteiger partial charge in [0, 0.05) is 23.5 Å². The summed E-state index contributed by atoms with van der Waals surface area (Å²) in [5.41, 5.74) is 7.72. The van der Waals surface area contributed by atoms with E-state index in [0.717, 1.165) is 24.1 Å². The number of carbonyl (C=O) groups excluding carboxylic acids is 2. The van der Waals surface area contributed by atoms with Crippen molar-refractivity contribution >= 4 is 35.0 Å². The summed E-state index contributed by atoms with van der Waals surface area (Å²) in [5.74, 6) is -0.107. The monoisotopic (exact) mass is 373 g/mol. The van der Waals surface area contributed by atoms with E-state index in [1.807, 2.05) is 12.1 Å². The third-order valence-electron chi connectivity index (χ3n) is 4.57. The van der Waals surface area contributed by atoms with Crippen LogP contribution in [0.25, 0.3) is 0 Å². The zero-order chi connectivity index (χ0) is 18.7. The van der Waals surface area contributed by atoms with Crippen LogP contribution in [0.3, 0.4) is 0 Å². The summed E-state index contributed by atoms with van der Waals surface area (Å²) >= 11 is 6.18. The van der Waals surface area contributed by atoms with E-state index in [1.54, 1.807) is 23.1 Å². The van der Waals surface area contributed by atoms with Gasteiger partial charge in [-0.3, -0.25) is 9.59 Å². The molecule has 7 heteroatoms. The van der Waals surface area contributed by atoms with Crippen LogP contribution < -0.4 is 10.6 Å². The van der Waals surface area contributed by atoms with E-state index < -0.39 is 0 Å². The molecule has 0 fully saturated rings. The number of aromatic nitrogens is 1. The van der Waals surface area contributed by atoms with Crippen molar-refractivity contribution in [2.45, 2.75) is 25.2 Å². The molecule has 0 saturated heterocycles. The molecule has 2 N–H and O–H groups in total. The summed E-state index contributed by atoms with van der Waals surface area (Å²) < 4.78 is 4.82. The van der Waals surface area contributed by atoms with E-state index in [9.17, 15) is 9.59 Å². The quantitative estimate of drug-likeness (QED) is 0.833. The number of halogens is 1. The van der Waals surface area contributed by atoms with Crippen LogP contribution in [0.4, 0.5) is 11.5 Å². The first-order valence-electron chi connectivity index (χ1n) is 8.39. The molecular formula is C19H20ClN3O3. The highest BCUT2D eigenvalue weighted by atomic mass is 35.5. The van der Waals surface area contributed by atoms with Gasteiger partial charge in [0.05, 0.1) is 19.1 Å². The van der Waals surface area contributed by atoms with Gasteiger partial charge in [0.1, 0.15) is 5.82 Å². The number of hydrogen-bond acceptors (Lipinski definition) is 5. The zero-order valence-corrected chi connectivity index (χ0v) is 15.2. The van der Waals surface area contributed by atoms with Gasteiger partial charge in [-0.05, 0) is 54.7 Å². The van der Waals surface area contributed by atoms with Crippen LogP contribution in [0.1, 0.15) is 41.1 Å². The zero-order valence-electron chi connectivity index (χ0n) is 14.4. The molecule has 0 spiro atoms. The fourth-order valence-electron chi connectivity index (χ4n) is 3.27. The molecule has 1 atom stereocenters. The van der Waals surface area contributed by atoms with Crippen LogP contribution in [-0.4, -0.2) is 30.5 Å². The second kappa shape index (κ2) is 7.74. The SMILES string of the molecule is COC(=O)CC1CCCN(C(=O)c2ccc(N)nc2)c2ccc(Cl)cc21. The first-order chi connectivity index (χ1) is 12.5. The lowest BCUT2D eigenvalue weighted by atomic mass is 9.91. The number of methoxy groups -OCH3 is 1. The van der Waals surface area contributed by atoms with Crippen LogP contribution in [0, 0.1) is 0 Å². The number of ether oxygens (including phenoxy) is 1. The van der Waals surface area contributed by atoms with E-state index >= 15 is 0 Å². The van der Waals surface area contributed by atoms with Crippen LogP contribution in [0.5, 0.6) is 0 Å². The number of anilines is 2. The molecule has 0 radical (unpaired) electrons. The highest BCUT2D eigenvalue weighted by molar-refractivity contribution is 6.30. The van der Waals surface area contributed by atoms with E-state index in [4.69, 9.17) is 22.1 Å². The maximum absolute atomic E-state index is 13.0. The average molecular weight is 374 g/mol. The molecular weight excluding hydrogens is 354 g/mol. The molecule has 1 aliphatic rings. The highest BCUT2D eigenvalue weighted by Crippen LogP contribution is 2.38. The van der Waals surface area contributed by atoms with Gasteiger partial charge in [0.2, 0.25) is 0 Å². The van der Waals surface area contributed by atoms with Gasteiger partial charge in [-0.25, -0.2) is 4.98 Å². The molecule has 0 saturated carbocycles. The number of nitrogen functional groups attached to an aromatic ring is 1. The molecule has 0 aliphatic carbocycles. The van der Waals surface area contributed by atoms with Crippen molar-refractivity contribution in [1.82, 2.24) is 4.98 Å². The molecule has 2 aromatic rings. The second-order valence-corrected chi connectivity index (χ2v) is 6.69.